The summed E-state index contributed by atoms with van der Waals surface area (Å²) in [5, 5.41) is 29.8. The van der Waals surface area contributed by atoms with E-state index >= 15 is 0 Å². The van der Waals surface area contributed by atoms with Crippen LogP contribution in [0, 0.1) is 5.92 Å². The zero-order chi connectivity index (χ0) is 46.3. The maximum absolute atomic E-state index is 12.7. The van der Waals surface area contributed by atoms with Gasteiger partial charge in [0.1, 0.15) is 12.7 Å². The molecule has 6 N–H and O–H groups in total. The Morgan fingerprint density at radius 3 is 1.77 bits per heavy atom. The van der Waals surface area contributed by atoms with Crippen molar-refractivity contribution in [2.45, 2.75) is 167 Å². The fraction of sp³-hybridized carbons (Fsp3) is 0.689. The van der Waals surface area contributed by atoms with Crippen LogP contribution in [0.1, 0.15) is 143 Å². The second kappa shape index (κ2) is 38.9. The van der Waals surface area contributed by atoms with Crippen LogP contribution in [-0.2, 0) is 41.8 Å². The minimum absolute atomic E-state index is 0.0572. The van der Waals surface area contributed by atoms with E-state index in [4.69, 9.17) is 23.8 Å². The molecule has 0 rings (SSSR count). The van der Waals surface area contributed by atoms with Gasteiger partial charge < -0.3 is 39.5 Å². The van der Waals surface area contributed by atoms with Crippen LogP contribution in [-0.4, -0.2) is 92.8 Å². The first-order chi connectivity index (χ1) is 29.5. The molecule has 0 saturated carbocycles. The number of hydrogen-bond acceptors (Lipinski definition) is 12. The van der Waals surface area contributed by atoms with Crippen molar-refractivity contribution in [1.29, 1.82) is 0 Å². The van der Waals surface area contributed by atoms with Gasteiger partial charge in [-0.3, -0.25) is 23.2 Å². The Bertz CT molecular complexity index is 1420. The first-order valence-electron chi connectivity index (χ1n) is 22.2. The normalized spacial score (nSPS) is 15.8. The van der Waals surface area contributed by atoms with Crippen molar-refractivity contribution < 1.29 is 71.8 Å². The molecule has 17 heteroatoms. The lowest BCUT2D eigenvalue weighted by molar-refractivity contribution is -0.161. The molecule has 358 valence electrons. The van der Waals surface area contributed by atoms with E-state index in [2.05, 4.69) is 22.9 Å². The van der Waals surface area contributed by atoms with Gasteiger partial charge in [-0.2, -0.15) is 0 Å². The lowest BCUT2D eigenvalue weighted by atomic mass is 10.0. The van der Waals surface area contributed by atoms with E-state index in [-0.39, 0.29) is 12.8 Å². The topological polar surface area (TPSA) is 236 Å². The van der Waals surface area contributed by atoms with Gasteiger partial charge in [0, 0.05) is 12.8 Å². The number of phosphoric acid groups is 2. The quantitative estimate of drug-likeness (QED) is 0.0110. The number of esters is 2. The Kier molecular flexibility index (Phi) is 37.3. The Labute approximate surface area is 370 Å². The highest BCUT2D eigenvalue weighted by Crippen LogP contribution is 2.43. The Morgan fingerprint density at radius 2 is 1.16 bits per heavy atom. The number of carbonyl (C=O) groups excluding carboxylic acids is 2. The van der Waals surface area contributed by atoms with E-state index in [9.17, 15) is 38.9 Å². The van der Waals surface area contributed by atoms with Crippen molar-refractivity contribution >= 4 is 27.6 Å². The van der Waals surface area contributed by atoms with Crippen LogP contribution >= 0.6 is 15.6 Å². The number of aliphatic hydroxyl groups excluding tert-OH is 3. The molecule has 0 aliphatic carbocycles. The van der Waals surface area contributed by atoms with Crippen LogP contribution < -0.4 is 0 Å². The summed E-state index contributed by atoms with van der Waals surface area (Å²) in [5.74, 6) is -0.447. The molecule has 0 amide bonds. The van der Waals surface area contributed by atoms with E-state index < -0.39 is 78.4 Å². The molecule has 0 aromatic rings. The molecule has 0 saturated heterocycles. The third-order valence-corrected chi connectivity index (χ3v) is 10.4. The Balaban J connectivity index is 4.77. The van der Waals surface area contributed by atoms with Gasteiger partial charge in [-0.25, -0.2) is 9.13 Å². The summed E-state index contributed by atoms with van der Waals surface area (Å²) in [6, 6.07) is 0. The fourth-order valence-electron chi connectivity index (χ4n) is 5.57. The molecular weight excluding hydrogens is 842 g/mol. The van der Waals surface area contributed by atoms with Crippen LogP contribution in [0.4, 0.5) is 0 Å². The molecule has 15 nitrogen and oxygen atoms in total. The highest BCUT2D eigenvalue weighted by molar-refractivity contribution is 7.47. The van der Waals surface area contributed by atoms with Crippen LogP contribution in [0.2, 0.25) is 0 Å². The van der Waals surface area contributed by atoms with Crippen molar-refractivity contribution in [2.24, 2.45) is 5.92 Å². The van der Waals surface area contributed by atoms with Crippen molar-refractivity contribution in [3.05, 3.63) is 72.9 Å². The van der Waals surface area contributed by atoms with Gasteiger partial charge >= 0.3 is 27.6 Å². The number of rotatable bonds is 40. The molecule has 1 unspecified atom stereocenters. The monoisotopic (exact) mass is 920 g/mol. The lowest BCUT2D eigenvalue weighted by Gasteiger charge is -2.20. The highest BCUT2D eigenvalue weighted by atomic mass is 31.2. The lowest BCUT2D eigenvalue weighted by Crippen LogP contribution is -2.29. The zero-order valence-electron chi connectivity index (χ0n) is 37.3. The zero-order valence-corrected chi connectivity index (χ0v) is 39.1. The van der Waals surface area contributed by atoms with Gasteiger partial charge in [-0.1, -0.05) is 164 Å². The van der Waals surface area contributed by atoms with Gasteiger partial charge in [0.2, 0.25) is 0 Å². The predicted octanol–water partition coefficient (Wildman–Crippen LogP) is 9.19. The van der Waals surface area contributed by atoms with E-state index in [0.29, 0.717) is 32.1 Å². The average Bonchev–Trinajstić information content (AvgIpc) is 3.21. The van der Waals surface area contributed by atoms with Gasteiger partial charge in [0.05, 0.1) is 32.0 Å². The van der Waals surface area contributed by atoms with Gasteiger partial charge in [-0.05, 0) is 44.4 Å². The SMILES string of the molecule is CC/C=C\C[C@H](O)/C=C/C=C\C/C=C\C=C\[C@H](O)/C=C\CCCC(=O)O[C@H](COC(=O)CCCCCCCCCCCCCC(C)C)COP(=O)(O)OC[C@@H](O)COP(=O)(O)O. The van der Waals surface area contributed by atoms with E-state index in [1.165, 1.54) is 51.4 Å². The summed E-state index contributed by atoms with van der Waals surface area (Å²) in [6.07, 6.45) is 34.1. The molecule has 0 heterocycles. The third-order valence-electron chi connectivity index (χ3n) is 8.95. The van der Waals surface area contributed by atoms with E-state index in [0.717, 1.165) is 31.6 Å². The summed E-state index contributed by atoms with van der Waals surface area (Å²) in [7, 11) is -9.76. The average molecular weight is 921 g/mol. The van der Waals surface area contributed by atoms with Gasteiger partial charge in [-0.15, -0.1) is 0 Å². The van der Waals surface area contributed by atoms with Crippen LogP contribution in [0.25, 0.3) is 0 Å². The molecule has 0 radical (unpaired) electrons. The summed E-state index contributed by atoms with van der Waals surface area (Å²) < 4.78 is 47.6. The maximum atomic E-state index is 12.7. The number of unbranched alkanes of at least 4 members (excludes halogenated alkanes) is 11. The van der Waals surface area contributed by atoms with Crippen molar-refractivity contribution in [1.82, 2.24) is 0 Å². The van der Waals surface area contributed by atoms with Crippen molar-refractivity contribution in [3.63, 3.8) is 0 Å². The largest absolute Gasteiger partial charge is 0.472 e. The molecule has 62 heavy (non-hydrogen) atoms. The summed E-state index contributed by atoms with van der Waals surface area (Å²) >= 11 is 0. The first kappa shape index (κ1) is 59.5. The second-order valence-electron chi connectivity index (χ2n) is 15.5. The number of aliphatic hydroxyl groups is 3. The number of phosphoric ester groups is 2. The maximum Gasteiger partial charge on any atom is 0.472 e. The smallest absolute Gasteiger partial charge is 0.462 e. The summed E-state index contributed by atoms with van der Waals surface area (Å²) in [5.41, 5.74) is 0. The standard InChI is InChI=1S/C45H78O15P2/c1-4-5-21-29-40(46)30-23-17-13-11-14-18-24-31-41(47)32-25-20-27-34-45(50)60-43(38-59-62(54,55)58-36-42(48)35-57-61(51,52)53)37-56-44(49)33-26-19-15-10-8-6-7-9-12-16-22-28-39(2)3/h5,13-14,17-18,21,23-25,30-32,39-43,46-48H,4,6-12,15-16,19-20,22,26-29,33-38H2,1-3H3,(H,54,55)(H2,51,52,53)/b17-13-,18-14-,21-5-,30-23+,31-24+,32-25-/t40-,41-,42-,43+/m0/s1. The van der Waals surface area contributed by atoms with Crippen LogP contribution in [0.3, 0.4) is 0 Å². The number of allylic oxidation sites excluding steroid dienone is 8. The molecule has 0 aromatic carbocycles. The second-order valence-corrected chi connectivity index (χ2v) is 18.2. The van der Waals surface area contributed by atoms with E-state index in [1.54, 1.807) is 42.5 Å². The molecule has 0 bridgehead atoms. The van der Waals surface area contributed by atoms with Crippen molar-refractivity contribution in [2.75, 3.05) is 26.4 Å². The number of ether oxygens (including phenoxy) is 2. The van der Waals surface area contributed by atoms with Gasteiger partial charge in [0.15, 0.2) is 6.10 Å². The Morgan fingerprint density at radius 1 is 0.597 bits per heavy atom. The minimum atomic E-state index is -4.89. The molecule has 0 spiro atoms. The highest BCUT2D eigenvalue weighted by Gasteiger charge is 2.28. The first-order valence-corrected chi connectivity index (χ1v) is 25.2. The van der Waals surface area contributed by atoms with Crippen molar-refractivity contribution in [3.8, 4) is 0 Å². The molecular formula is C45H78O15P2. The molecule has 0 aliphatic heterocycles. The fourth-order valence-corrected chi connectivity index (χ4v) is 6.72. The van der Waals surface area contributed by atoms with Gasteiger partial charge in [0.25, 0.3) is 0 Å². The summed E-state index contributed by atoms with van der Waals surface area (Å²) in [6.45, 7) is 3.64. The molecule has 0 aromatic heterocycles. The number of carbonyl (C=O) groups is 2. The molecule has 0 aliphatic rings. The van der Waals surface area contributed by atoms with Crippen LogP contribution in [0.5, 0.6) is 0 Å². The van der Waals surface area contributed by atoms with E-state index in [1.807, 2.05) is 37.3 Å². The predicted molar refractivity (Wildman–Crippen MR) is 242 cm³/mol. The third kappa shape index (κ3) is 42.8. The Hall–Kier alpha value is -2.52. The molecule has 5 atom stereocenters. The number of hydrogen-bond donors (Lipinski definition) is 6. The molecule has 0 fully saturated rings. The summed E-state index contributed by atoms with van der Waals surface area (Å²) in [4.78, 5) is 52.7. The minimum Gasteiger partial charge on any atom is -0.462 e. The van der Waals surface area contributed by atoms with Crippen LogP contribution in [0.15, 0.2) is 72.9 Å².